The molecule has 0 aliphatic heterocycles. The molecule has 24 heavy (non-hydrogen) atoms. The van der Waals surface area contributed by atoms with Crippen LogP contribution in [0.2, 0.25) is 0 Å². The van der Waals surface area contributed by atoms with Crippen LogP contribution in [0, 0.1) is 26.2 Å². The van der Waals surface area contributed by atoms with E-state index in [1.165, 1.54) is 28.1 Å². The molecule has 1 aromatic carbocycles. The predicted octanol–water partition coefficient (Wildman–Crippen LogP) is 4.59. The first-order valence-corrected chi connectivity index (χ1v) is 8.80. The Labute approximate surface area is 147 Å². The molecule has 0 aliphatic rings. The maximum absolute atomic E-state index is 4.86. The van der Waals surface area contributed by atoms with E-state index in [-0.39, 0.29) is 5.41 Å². The molecule has 0 aliphatic carbocycles. The minimum atomic E-state index is 0.0784. The van der Waals surface area contributed by atoms with Gasteiger partial charge in [0.15, 0.2) is 0 Å². The maximum atomic E-state index is 4.86. The number of hydrogen-bond donors (Lipinski definition) is 0. The highest BCUT2D eigenvalue weighted by Gasteiger charge is 2.22. The topological polar surface area (TPSA) is 21.2 Å². The van der Waals surface area contributed by atoms with E-state index in [1.807, 2.05) is 0 Å². The highest BCUT2D eigenvalue weighted by molar-refractivity contribution is 5.88. The van der Waals surface area contributed by atoms with Gasteiger partial charge in [0.25, 0.3) is 0 Å². The summed E-state index contributed by atoms with van der Waals surface area (Å²) < 4.78 is 4.45. The van der Waals surface area contributed by atoms with Crippen molar-refractivity contribution in [2.45, 2.75) is 68.0 Å². The summed E-state index contributed by atoms with van der Waals surface area (Å²) in [4.78, 5) is 4.86. The summed E-state index contributed by atoms with van der Waals surface area (Å²) in [5, 5.41) is 0. The van der Waals surface area contributed by atoms with Gasteiger partial charge in [0, 0.05) is 11.5 Å². The summed E-state index contributed by atoms with van der Waals surface area (Å²) >= 11 is 0. The fraction of sp³-hybridized carbons (Fsp3) is 0.524. The van der Waals surface area contributed by atoms with E-state index in [2.05, 4.69) is 95.4 Å². The van der Waals surface area contributed by atoms with Gasteiger partial charge in [0.2, 0.25) is 6.33 Å². The number of rotatable bonds is 4. The van der Waals surface area contributed by atoms with Gasteiger partial charge >= 0.3 is 0 Å². The largest absolute Gasteiger partial charge is 0.287 e. The van der Waals surface area contributed by atoms with Crippen molar-refractivity contribution < 1.29 is 4.57 Å². The van der Waals surface area contributed by atoms with Crippen molar-refractivity contribution in [2.24, 2.45) is 10.4 Å². The molecule has 0 bridgehead atoms. The molecule has 1 aromatic heterocycles. The first kappa shape index (κ1) is 18.4. The van der Waals surface area contributed by atoms with E-state index < -0.39 is 0 Å². The molecule has 0 N–H and O–H groups in total. The van der Waals surface area contributed by atoms with Gasteiger partial charge in [-0.2, -0.15) is 0 Å². The zero-order chi connectivity index (χ0) is 18.1. The van der Waals surface area contributed by atoms with Crippen LogP contribution >= 0.6 is 0 Å². The summed E-state index contributed by atoms with van der Waals surface area (Å²) in [6, 6.07) is 4.81. The Kier molecular flexibility index (Phi) is 5.32. The third-order valence-corrected chi connectivity index (χ3v) is 4.20. The molecule has 3 heteroatoms. The fourth-order valence-electron chi connectivity index (χ4n) is 3.16. The lowest BCUT2D eigenvalue weighted by Gasteiger charge is -2.21. The van der Waals surface area contributed by atoms with Crippen molar-refractivity contribution in [1.29, 1.82) is 0 Å². The average Bonchev–Trinajstić information content (AvgIpc) is 2.83. The third kappa shape index (κ3) is 4.34. The quantitative estimate of drug-likeness (QED) is 0.579. The van der Waals surface area contributed by atoms with Crippen molar-refractivity contribution >= 4 is 5.71 Å². The van der Waals surface area contributed by atoms with Crippen LogP contribution in [0.3, 0.4) is 0 Å². The van der Waals surface area contributed by atoms with E-state index in [0.29, 0.717) is 6.04 Å². The zero-order valence-corrected chi connectivity index (χ0v) is 16.5. The lowest BCUT2D eigenvalue weighted by atomic mass is 9.89. The second-order valence-corrected chi connectivity index (χ2v) is 8.16. The highest BCUT2D eigenvalue weighted by Crippen LogP contribution is 2.21. The van der Waals surface area contributed by atoms with Crippen LogP contribution in [0.15, 0.2) is 35.8 Å². The molecular weight excluding hydrogens is 294 g/mol. The Hall–Kier alpha value is -1.90. The van der Waals surface area contributed by atoms with Crippen molar-refractivity contribution in [1.82, 2.24) is 4.57 Å². The summed E-state index contributed by atoms with van der Waals surface area (Å²) in [6.45, 7) is 18.3. The average molecular weight is 327 g/mol. The molecule has 0 atom stereocenters. The van der Waals surface area contributed by atoms with Gasteiger partial charge in [-0.3, -0.25) is 4.99 Å². The summed E-state index contributed by atoms with van der Waals surface area (Å²) in [5.41, 5.74) is 6.52. The van der Waals surface area contributed by atoms with Crippen molar-refractivity contribution in [2.75, 3.05) is 0 Å². The van der Waals surface area contributed by atoms with E-state index in [0.717, 1.165) is 6.54 Å². The van der Waals surface area contributed by atoms with Crippen LogP contribution in [-0.2, 0) is 6.54 Å². The van der Waals surface area contributed by atoms with E-state index in [1.54, 1.807) is 0 Å². The van der Waals surface area contributed by atoms with Crippen LogP contribution in [0.25, 0.3) is 5.69 Å². The maximum Gasteiger partial charge on any atom is 0.249 e. The molecule has 2 rings (SSSR count). The first-order chi connectivity index (χ1) is 11.1. The lowest BCUT2D eigenvalue weighted by Crippen LogP contribution is -2.41. The smallest absolute Gasteiger partial charge is 0.249 e. The standard InChI is InChI=1S/C21H32N3/c1-15(2)22-19(21(6,7)8)13-23-9-10-24(14-23)20-17(4)11-16(3)12-18(20)5/h9-12,14-15H,13H2,1-8H3/q+1. The van der Waals surface area contributed by atoms with E-state index >= 15 is 0 Å². The summed E-state index contributed by atoms with van der Waals surface area (Å²) in [6.07, 6.45) is 6.45. The van der Waals surface area contributed by atoms with Gasteiger partial charge in [-0.15, -0.1) is 0 Å². The zero-order valence-electron chi connectivity index (χ0n) is 16.5. The first-order valence-electron chi connectivity index (χ1n) is 8.80. The SMILES string of the molecule is Cc1cc(C)c(-n2cc[n+](CC(=NC(C)C)C(C)(C)C)c2)c(C)c1. The molecule has 0 unspecified atom stereocenters. The van der Waals surface area contributed by atoms with Gasteiger partial charge in [-0.25, -0.2) is 9.13 Å². The van der Waals surface area contributed by atoms with Crippen LogP contribution in [0.5, 0.6) is 0 Å². The molecule has 0 radical (unpaired) electrons. The van der Waals surface area contributed by atoms with Crippen LogP contribution in [-0.4, -0.2) is 16.3 Å². The summed E-state index contributed by atoms with van der Waals surface area (Å²) in [5.74, 6) is 0. The Morgan fingerprint density at radius 2 is 1.71 bits per heavy atom. The van der Waals surface area contributed by atoms with Crippen molar-refractivity contribution in [3.8, 4) is 5.69 Å². The molecule has 3 nitrogen and oxygen atoms in total. The molecule has 0 fully saturated rings. The number of benzene rings is 1. The number of aryl methyl sites for hydroxylation is 3. The molecule has 0 saturated carbocycles. The van der Waals surface area contributed by atoms with Gasteiger partial charge in [-0.1, -0.05) is 38.5 Å². The Morgan fingerprint density at radius 1 is 1.12 bits per heavy atom. The van der Waals surface area contributed by atoms with Crippen molar-refractivity contribution in [3.63, 3.8) is 0 Å². The molecule has 0 amide bonds. The number of aliphatic imine (C=N–C) groups is 1. The van der Waals surface area contributed by atoms with Crippen LogP contribution in [0.4, 0.5) is 0 Å². The Morgan fingerprint density at radius 3 is 2.21 bits per heavy atom. The normalized spacial score (nSPS) is 13.0. The lowest BCUT2D eigenvalue weighted by molar-refractivity contribution is -0.681. The minimum absolute atomic E-state index is 0.0784. The minimum Gasteiger partial charge on any atom is -0.287 e. The van der Waals surface area contributed by atoms with Gasteiger partial charge in [0.1, 0.15) is 24.6 Å². The Bertz CT molecular complexity index is 720. The van der Waals surface area contributed by atoms with E-state index in [4.69, 9.17) is 4.99 Å². The fourth-order valence-corrected chi connectivity index (χ4v) is 3.16. The summed E-state index contributed by atoms with van der Waals surface area (Å²) in [7, 11) is 0. The molecule has 1 heterocycles. The number of aromatic nitrogens is 2. The van der Waals surface area contributed by atoms with Crippen LogP contribution < -0.4 is 4.57 Å². The molecule has 2 aromatic rings. The highest BCUT2D eigenvalue weighted by atomic mass is 15.1. The second-order valence-electron chi connectivity index (χ2n) is 8.16. The van der Waals surface area contributed by atoms with Gasteiger partial charge < -0.3 is 0 Å². The monoisotopic (exact) mass is 326 g/mol. The van der Waals surface area contributed by atoms with E-state index in [9.17, 15) is 0 Å². The predicted molar refractivity (Wildman–Crippen MR) is 102 cm³/mol. The molecule has 0 saturated heterocycles. The third-order valence-electron chi connectivity index (χ3n) is 4.20. The second kappa shape index (κ2) is 6.92. The molecule has 130 valence electrons. The Balaban J connectivity index is 2.35. The van der Waals surface area contributed by atoms with Crippen molar-refractivity contribution in [3.05, 3.63) is 47.5 Å². The molecular formula is C21H32N3+. The number of imidazole rings is 1. The van der Waals surface area contributed by atoms with Gasteiger partial charge in [0.05, 0.1) is 5.71 Å². The van der Waals surface area contributed by atoms with Gasteiger partial charge in [-0.05, 0) is 45.7 Å². The number of hydrogen-bond acceptors (Lipinski definition) is 1. The number of nitrogens with zero attached hydrogens (tertiary/aromatic N) is 3. The van der Waals surface area contributed by atoms with Crippen LogP contribution in [0.1, 0.15) is 51.3 Å². The molecule has 0 spiro atoms.